The summed E-state index contributed by atoms with van der Waals surface area (Å²) in [5.74, 6) is -3.21. The van der Waals surface area contributed by atoms with Gasteiger partial charge in [0, 0.05) is 7.05 Å². The molecule has 1 aromatic carbocycles. The van der Waals surface area contributed by atoms with Gasteiger partial charge in [-0.3, -0.25) is 9.36 Å². The summed E-state index contributed by atoms with van der Waals surface area (Å²) >= 11 is 0. The van der Waals surface area contributed by atoms with Gasteiger partial charge >= 0.3 is 0 Å². The van der Waals surface area contributed by atoms with Crippen molar-refractivity contribution in [2.45, 2.75) is 0 Å². The minimum atomic E-state index is -1.08. The maximum atomic E-state index is 13.1. The van der Waals surface area contributed by atoms with Crippen molar-refractivity contribution < 1.29 is 13.9 Å². The van der Waals surface area contributed by atoms with Gasteiger partial charge in [-0.15, -0.1) is 0 Å². The summed E-state index contributed by atoms with van der Waals surface area (Å²) in [6, 6.07) is 1.86. The van der Waals surface area contributed by atoms with Crippen LogP contribution in [0.25, 0.3) is 12.7 Å². The van der Waals surface area contributed by atoms with Crippen molar-refractivity contribution in [3.63, 3.8) is 0 Å². The Morgan fingerprint density at radius 2 is 1.94 bits per heavy atom. The highest BCUT2D eigenvalue weighted by Crippen LogP contribution is 2.21. The summed E-state index contributed by atoms with van der Waals surface area (Å²) in [5, 5.41) is 9.11. The third-order valence-corrected chi connectivity index (χ3v) is 2.57. The molecule has 0 saturated heterocycles. The second-order valence-electron chi connectivity index (χ2n) is 3.83. The molecule has 0 aliphatic rings. The zero-order chi connectivity index (χ0) is 13.4. The molecule has 0 saturated carbocycles. The molecule has 4 nitrogen and oxygen atoms in total. The van der Waals surface area contributed by atoms with Gasteiger partial charge < -0.3 is 10.1 Å². The standard InChI is InChI=1S/C12H10F2N2O2/c1-6-15-10(12(18)16(6)2)5-7-3-8(13)11(17)9(14)4-7/h3-5,15,17H,1H2,2H3/b10-5-. The number of phenols is 1. The number of nitrogens with zero attached hydrogens (tertiary/aromatic N) is 1. The van der Waals surface area contributed by atoms with Gasteiger partial charge in [0.25, 0.3) is 5.56 Å². The first-order chi connectivity index (χ1) is 8.40. The fraction of sp³-hybridized carbons (Fsp3) is 0.0833. The number of halogens is 2. The van der Waals surface area contributed by atoms with Gasteiger partial charge in [0.05, 0.1) is 0 Å². The Bertz CT molecular complexity index is 751. The van der Waals surface area contributed by atoms with E-state index in [0.29, 0.717) is 5.48 Å². The number of H-pyrrole nitrogens is 1. The van der Waals surface area contributed by atoms with E-state index in [-0.39, 0.29) is 16.5 Å². The lowest BCUT2D eigenvalue weighted by atomic mass is 10.2. The molecule has 18 heavy (non-hydrogen) atoms. The Hall–Kier alpha value is -2.37. The smallest absolute Gasteiger partial charge is 0.275 e. The van der Waals surface area contributed by atoms with Crippen LogP contribution in [0.15, 0.2) is 16.9 Å². The van der Waals surface area contributed by atoms with Crippen molar-refractivity contribution >= 4 is 12.7 Å². The van der Waals surface area contributed by atoms with E-state index in [9.17, 15) is 13.6 Å². The second-order valence-corrected chi connectivity index (χ2v) is 3.83. The number of aromatic hydroxyl groups is 1. The largest absolute Gasteiger partial charge is 0.503 e. The Morgan fingerprint density at radius 1 is 1.39 bits per heavy atom. The topological polar surface area (TPSA) is 58.0 Å². The van der Waals surface area contributed by atoms with Gasteiger partial charge in [-0.25, -0.2) is 8.78 Å². The van der Waals surface area contributed by atoms with Crippen LogP contribution in [0.1, 0.15) is 5.56 Å². The highest BCUT2D eigenvalue weighted by atomic mass is 19.1. The zero-order valence-electron chi connectivity index (χ0n) is 9.50. The van der Waals surface area contributed by atoms with Crippen molar-refractivity contribution in [1.29, 1.82) is 0 Å². The normalized spacial score (nSPS) is 12.1. The Kier molecular flexibility index (Phi) is 2.78. The molecule has 0 aliphatic carbocycles. The number of rotatable bonds is 1. The average Bonchev–Trinajstić information content (AvgIpc) is 2.54. The van der Waals surface area contributed by atoms with Crippen molar-refractivity contribution in [3.8, 4) is 5.75 Å². The molecule has 0 spiro atoms. The van der Waals surface area contributed by atoms with Crippen LogP contribution in [-0.4, -0.2) is 14.7 Å². The number of phenolic OH excluding ortho intramolecular Hbond substituents is 1. The fourth-order valence-electron chi connectivity index (χ4n) is 1.53. The molecule has 2 N–H and O–H groups in total. The van der Waals surface area contributed by atoms with Gasteiger partial charge in [0.15, 0.2) is 17.4 Å². The van der Waals surface area contributed by atoms with Crippen molar-refractivity contribution in [2.24, 2.45) is 7.05 Å². The zero-order valence-corrected chi connectivity index (χ0v) is 9.50. The molecule has 1 heterocycles. The molecule has 2 rings (SSSR count). The van der Waals surface area contributed by atoms with E-state index in [2.05, 4.69) is 11.6 Å². The van der Waals surface area contributed by atoms with Gasteiger partial charge in [-0.2, -0.15) is 0 Å². The first-order valence-electron chi connectivity index (χ1n) is 5.04. The predicted octanol–water partition coefficient (Wildman–Crippen LogP) is -0.0637. The molecular weight excluding hydrogens is 242 g/mol. The van der Waals surface area contributed by atoms with E-state index in [0.717, 1.165) is 12.1 Å². The van der Waals surface area contributed by atoms with Gasteiger partial charge in [0.2, 0.25) is 0 Å². The molecule has 6 heteroatoms. The first-order valence-corrected chi connectivity index (χ1v) is 5.04. The number of nitrogens with one attached hydrogen (secondary N) is 1. The van der Waals surface area contributed by atoms with Crippen molar-refractivity contribution in [1.82, 2.24) is 9.55 Å². The Balaban J connectivity index is 2.68. The molecular formula is C12H10F2N2O2. The molecule has 0 amide bonds. The molecule has 94 valence electrons. The fourth-order valence-corrected chi connectivity index (χ4v) is 1.53. The SMILES string of the molecule is C=c1[nH]/c(=C\c2cc(F)c(O)c(F)c2)c(=O)n1C. The molecule has 0 atom stereocenters. The van der Waals surface area contributed by atoms with Gasteiger partial charge in [-0.1, -0.05) is 6.58 Å². The quantitative estimate of drug-likeness (QED) is 0.747. The Morgan fingerprint density at radius 3 is 2.39 bits per heavy atom. The maximum Gasteiger partial charge on any atom is 0.275 e. The van der Waals surface area contributed by atoms with Crippen molar-refractivity contribution in [2.75, 3.05) is 0 Å². The second kappa shape index (κ2) is 4.14. The number of imidazole rings is 1. The van der Waals surface area contributed by atoms with Crippen LogP contribution in [0.2, 0.25) is 0 Å². The van der Waals surface area contributed by atoms with Crippen LogP contribution in [0, 0.1) is 11.6 Å². The number of hydrogen-bond acceptors (Lipinski definition) is 2. The minimum absolute atomic E-state index is 0.127. The molecule has 0 radical (unpaired) electrons. The van der Waals surface area contributed by atoms with E-state index in [1.54, 1.807) is 0 Å². The third-order valence-electron chi connectivity index (χ3n) is 2.57. The molecule has 0 bridgehead atoms. The number of aromatic amines is 1. The lowest BCUT2D eigenvalue weighted by Crippen LogP contribution is -2.28. The monoisotopic (exact) mass is 252 g/mol. The number of hydrogen-bond donors (Lipinski definition) is 2. The van der Waals surface area contributed by atoms with Crippen LogP contribution in [-0.2, 0) is 7.05 Å². The lowest BCUT2D eigenvalue weighted by Gasteiger charge is -1.98. The van der Waals surface area contributed by atoms with E-state index >= 15 is 0 Å². The molecule has 2 aromatic rings. The predicted molar refractivity (Wildman–Crippen MR) is 62.4 cm³/mol. The molecule has 0 aliphatic heterocycles. The number of aromatic nitrogens is 2. The summed E-state index contributed by atoms with van der Waals surface area (Å²) in [5.41, 5.74) is 0.154. The summed E-state index contributed by atoms with van der Waals surface area (Å²) in [6.45, 7) is 3.59. The summed E-state index contributed by atoms with van der Waals surface area (Å²) in [6.07, 6.45) is 1.28. The molecule has 1 aromatic heterocycles. The van der Waals surface area contributed by atoms with Gasteiger partial charge in [0.1, 0.15) is 10.8 Å². The number of benzene rings is 1. The summed E-state index contributed by atoms with van der Waals surface area (Å²) < 4.78 is 27.5. The van der Waals surface area contributed by atoms with E-state index < -0.39 is 17.4 Å². The van der Waals surface area contributed by atoms with Crippen LogP contribution in [0.4, 0.5) is 8.78 Å². The van der Waals surface area contributed by atoms with Crippen LogP contribution >= 0.6 is 0 Å². The van der Waals surface area contributed by atoms with E-state index in [1.807, 2.05) is 0 Å². The summed E-state index contributed by atoms with van der Waals surface area (Å²) in [4.78, 5) is 14.3. The first kappa shape index (κ1) is 12.1. The Labute approximate surface area is 100 Å². The van der Waals surface area contributed by atoms with E-state index in [4.69, 9.17) is 5.11 Å². The molecule has 0 unspecified atom stereocenters. The lowest BCUT2D eigenvalue weighted by molar-refractivity contribution is 0.396. The highest BCUT2D eigenvalue weighted by molar-refractivity contribution is 5.50. The molecule has 0 fully saturated rings. The third kappa shape index (κ3) is 1.92. The summed E-state index contributed by atoms with van der Waals surface area (Å²) in [7, 11) is 1.52. The van der Waals surface area contributed by atoms with Gasteiger partial charge in [-0.05, 0) is 23.8 Å². The van der Waals surface area contributed by atoms with Crippen LogP contribution < -0.4 is 16.4 Å². The van der Waals surface area contributed by atoms with Crippen LogP contribution in [0.3, 0.4) is 0 Å². The highest BCUT2D eigenvalue weighted by Gasteiger charge is 2.08. The average molecular weight is 252 g/mol. The maximum absolute atomic E-state index is 13.1. The van der Waals surface area contributed by atoms with Crippen molar-refractivity contribution in [3.05, 3.63) is 50.5 Å². The van der Waals surface area contributed by atoms with Crippen LogP contribution in [0.5, 0.6) is 5.75 Å². The minimum Gasteiger partial charge on any atom is -0.503 e. The van der Waals surface area contributed by atoms with E-state index in [1.165, 1.54) is 17.7 Å².